The fourth-order valence-corrected chi connectivity index (χ4v) is 4.61. The molecule has 0 aliphatic rings. The number of rotatable bonds is 7. The molecule has 6 rings (SSSR count). The number of carboxylic acids is 1. The van der Waals surface area contributed by atoms with Gasteiger partial charge in [0, 0.05) is 84.6 Å². The highest BCUT2D eigenvalue weighted by Crippen LogP contribution is 2.25. The number of benzene rings is 3. The van der Waals surface area contributed by atoms with Gasteiger partial charge in [0.05, 0.1) is 11.3 Å². The number of carboxylic acid groups (broad SMARTS) is 1. The molecule has 17 heteroatoms. The van der Waals surface area contributed by atoms with E-state index in [1.165, 1.54) is 6.07 Å². The summed E-state index contributed by atoms with van der Waals surface area (Å²) in [6.45, 7) is 3.98. The highest BCUT2D eigenvalue weighted by molar-refractivity contribution is 6.67. The SMILES string of the molecule is C.CC(C)=C(Cl)N(C)C.CN(C)c1ccc(-c2nc3ccc(F)nc3o2)cc1.CN(C)c1ccc(C(=O)Cl)cc1.CN(C)c1ccc(C(=O)O)cc1.Nc1ccc(F)nc1F. The van der Waals surface area contributed by atoms with Crippen molar-refractivity contribution >= 4 is 68.4 Å². The number of allylic oxidation sites excluding steroid dienone is 1. The Morgan fingerprint density at radius 1 is 0.623 bits per heavy atom. The van der Waals surface area contributed by atoms with E-state index >= 15 is 0 Å². The van der Waals surface area contributed by atoms with Crippen LogP contribution in [0.2, 0.25) is 0 Å². The third-order valence-corrected chi connectivity index (χ3v) is 8.68. The predicted octanol–water partition coefficient (Wildman–Crippen LogP) is 10.3. The maximum Gasteiger partial charge on any atom is 0.335 e. The quantitative estimate of drug-likeness (QED) is 0.0894. The molecule has 0 atom stereocenters. The van der Waals surface area contributed by atoms with Gasteiger partial charge in [-0.2, -0.15) is 23.1 Å². The smallest absolute Gasteiger partial charge is 0.335 e. The molecule has 0 radical (unpaired) electrons. The normalized spacial score (nSPS) is 9.69. The van der Waals surface area contributed by atoms with Crippen LogP contribution in [0.4, 0.5) is 35.9 Å². The van der Waals surface area contributed by atoms with E-state index in [4.69, 9.17) is 38.5 Å². The first-order valence-electron chi connectivity index (χ1n) is 17.9. The van der Waals surface area contributed by atoms with Crippen LogP contribution in [0.25, 0.3) is 22.7 Å². The van der Waals surface area contributed by atoms with Gasteiger partial charge in [-0.1, -0.05) is 19.0 Å². The summed E-state index contributed by atoms with van der Waals surface area (Å²) >= 11 is 11.0. The van der Waals surface area contributed by atoms with Gasteiger partial charge < -0.3 is 34.9 Å². The number of fused-ring (bicyclic) bond motifs is 1. The molecule has 0 fully saturated rings. The molecule has 6 aromatic rings. The third kappa shape index (κ3) is 17.8. The van der Waals surface area contributed by atoms with Crippen LogP contribution in [0.15, 0.2) is 112 Å². The van der Waals surface area contributed by atoms with Crippen LogP contribution in [0.3, 0.4) is 0 Å². The first kappa shape index (κ1) is 52.7. The summed E-state index contributed by atoms with van der Waals surface area (Å²) in [6, 6.07) is 26.6. The van der Waals surface area contributed by atoms with Gasteiger partial charge in [-0.25, -0.2) is 9.78 Å². The molecule has 0 saturated heterocycles. The number of halogens is 5. The van der Waals surface area contributed by atoms with E-state index in [0.717, 1.165) is 45.5 Å². The molecule has 3 N–H and O–H groups in total. The van der Waals surface area contributed by atoms with Crippen molar-refractivity contribution in [1.29, 1.82) is 0 Å². The maximum atomic E-state index is 13.0. The van der Waals surface area contributed by atoms with Crippen molar-refractivity contribution in [3.8, 4) is 11.5 Å². The van der Waals surface area contributed by atoms with Crippen molar-refractivity contribution in [3.63, 3.8) is 0 Å². The van der Waals surface area contributed by atoms with Crippen LogP contribution in [0.5, 0.6) is 0 Å². The van der Waals surface area contributed by atoms with E-state index in [1.807, 2.05) is 126 Å². The number of carbonyl (C=O) groups is 2. The van der Waals surface area contributed by atoms with Crippen LogP contribution in [-0.2, 0) is 0 Å². The number of aromatic carboxylic acids is 1. The van der Waals surface area contributed by atoms with E-state index in [1.54, 1.807) is 42.5 Å². The number of hydrogen-bond donors (Lipinski definition) is 2. The van der Waals surface area contributed by atoms with E-state index < -0.39 is 29.1 Å². The molecule has 3 aromatic heterocycles. The van der Waals surface area contributed by atoms with Crippen molar-refractivity contribution in [2.75, 3.05) is 76.8 Å². The van der Waals surface area contributed by atoms with Gasteiger partial charge >= 0.3 is 5.97 Å². The topological polar surface area (TPSA) is 145 Å². The largest absolute Gasteiger partial charge is 0.478 e. The summed E-state index contributed by atoms with van der Waals surface area (Å²) in [5, 5.41) is 9.01. The number of aromatic nitrogens is 3. The Balaban J connectivity index is 0.000000395. The van der Waals surface area contributed by atoms with E-state index in [-0.39, 0.29) is 18.8 Å². The molecule has 0 amide bonds. The van der Waals surface area contributed by atoms with Crippen LogP contribution < -0.4 is 20.4 Å². The number of nitrogens with two attached hydrogens (primary N) is 1. The lowest BCUT2D eigenvalue weighted by Crippen LogP contribution is -2.08. The highest BCUT2D eigenvalue weighted by atomic mass is 35.5. The minimum Gasteiger partial charge on any atom is -0.478 e. The molecular weight excluding hydrogens is 832 g/mol. The zero-order valence-electron chi connectivity index (χ0n) is 35.0. The molecule has 0 unspecified atom stereocenters. The zero-order chi connectivity index (χ0) is 45.3. The minimum absolute atomic E-state index is 0. The number of oxazole rings is 1. The van der Waals surface area contributed by atoms with Crippen LogP contribution in [0.1, 0.15) is 42.0 Å². The first-order valence-corrected chi connectivity index (χ1v) is 18.6. The summed E-state index contributed by atoms with van der Waals surface area (Å²) in [4.78, 5) is 39.7. The molecule has 61 heavy (non-hydrogen) atoms. The number of carbonyl (C=O) groups excluding carboxylic acids is 1. The van der Waals surface area contributed by atoms with Crippen molar-refractivity contribution in [3.05, 3.63) is 137 Å². The van der Waals surface area contributed by atoms with E-state index in [9.17, 15) is 22.8 Å². The number of pyridine rings is 2. The van der Waals surface area contributed by atoms with Gasteiger partial charge in [-0.3, -0.25) is 4.79 Å². The average molecular weight is 886 g/mol. The molecule has 0 spiro atoms. The van der Waals surface area contributed by atoms with Gasteiger partial charge in [-0.15, -0.1) is 0 Å². The van der Waals surface area contributed by atoms with Gasteiger partial charge in [0.15, 0.2) is 0 Å². The number of anilines is 4. The Labute approximate surface area is 365 Å². The van der Waals surface area contributed by atoms with Gasteiger partial charge in [0.2, 0.25) is 29.4 Å². The summed E-state index contributed by atoms with van der Waals surface area (Å²) in [5.74, 6) is -2.84. The van der Waals surface area contributed by atoms with Crippen LogP contribution >= 0.6 is 23.2 Å². The molecule has 0 saturated carbocycles. The predicted molar refractivity (Wildman–Crippen MR) is 243 cm³/mol. The Morgan fingerprint density at radius 3 is 1.41 bits per heavy atom. The highest BCUT2D eigenvalue weighted by Gasteiger charge is 2.10. The second-order valence-corrected chi connectivity index (χ2v) is 14.3. The molecule has 0 aliphatic heterocycles. The molecule has 3 aromatic carbocycles. The lowest BCUT2D eigenvalue weighted by atomic mass is 10.2. The maximum absolute atomic E-state index is 13.0. The Kier molecular flexibility index (Phi) is 21.9. The van der Waals surface area contributed by atoms with Gasteiger partial charge in [0.25, 0.3) is 5.24 Å². The fourth-order valence-electron chi connectivity index (χ4n) is 4.48. The van der Waals surface area contributed by atoms with Crippen molar-refractivity contribution in [1.82, 2.24) is 19.9 Å². The molecule has 3 heterocycles. The molecule has 328 valence electrons. The van der Waals surface area contributed by atoms with E-state index in [2.05, 4.69) is 15.0 Å². The van der Waals surface area contributed by atoms with Gasteiger partial charge in [0.1, 0.15) is 10.7 Å². The summed E-state index contributed by atoms with van der Waals surface area (Å²) in [7, 11) is 15.5. The first-order chi connectivity index (χ1) is 28.1. The van der Waals surface area contributed by atoms with E-state index in [0.29, 0.717) is 22.5 Å². The monoisotopic (exact) mass is 884 g/mol. The summed E-state index contributed by atoms with van der Waals surface area (Å²) in [6.07, 6.45) is 0. The van der Waals surface area contributed by atoms with Crippen molar-refractivity contribution in [2.45, 2.75) is 21.3 Å². The second-order valence-electron chi connectivity index (χ2n) is 13.6. The second kappa shape index (κ2) is 25.3. The Morgan fingerprint density at radius 2 is 1.05 bits per heavy atom. The van der Waals surface area contributed by atoms with Crippen LogP contribution in [0, 0.1) is 17.8 Å². The minimum atomic E-state index is -0.963. The molecule has 12 nitrogen and oxygen atoms in total. The lowest BCUT2D eigenvalue weighted by molar-refractivity contribution is 0.0696. The molecule has 0 aliphatic carbocycles. The molecule has 0 bridgehead atoms. The van der Waals surface area contributed by atoms with Crippen LogP contribution in [-0.4, -0.2) is 92.6 Å². The number of hydrogen-bond acceptors (Lipinski definition) is 11. The molecular formula is C44H53Cl2F3N8O4. The van der Waals surface area contributed by atoms with Crippen molar-refractivity contribution in [2.24, 2.45) is 0 Å². The summed E-state index contributed by atoms with van der Waals surface area (Å²) in [5.41, 5.74) is 11.6. The lowest BCUT2D eigenvalue weighted by Gasteiger charge is -2.11. The number of nitrogen functional groups attached to an aromatic ring is 1. The summed E-state index contributed by atoms with van der Waals surface area (Å²) < 4.78 is 42.5. The third-order valence-electron chi connectivity index (χ3n) is 7.74. The Hall–Kier alpha value is -6.32. The number of nitrogens with zero attached hydrogens (tertiary/aromatic N) is 7. The van der Waals surface area contributed by atoms with Gasteiger partial charge in [-0.05, 0) is 128 Å². The standard InChI is InChI=1S/C14H12FN3O.C9H10ClNO.C9H11NO2.C6H12ClN.C5H4F2N2.CH4/c1-18(2)10-5-3-9(4-6-10)13-16-11-7-8-12(15)17-14(11)19-13;1-11(2)8-5-3-7(4-6-8)9(10)12;1-10(2)8-5-3-7(4-6-8)9(11)12;1-5(2)6(7)8(3)4;6-4-2-1-3(8)5(7)9-4;/h3-8H,1-2H3;3-6H,1-2H3;3-6H,1-2H3,(H,11,12);1-4H3;1-2H,8H2;1H4. The van der Waals surface area contributed by atoms with Crippen molar-refractivity contribution < 1.29 is 32.3 Å². The Bertz CT molecular complexity index is 2260. The zero-order valence-corrected chi connectivity index (χ0v) is 36.5. The fraction of sp³-hybridized carbons (Fsp3) is 0.250. The average Bonchev–Trinajstić information content (AvgIpc) is 3.63.